The van der Waals surface area contributed by atoms with Crippen LogP contribution in [0.5, 0.6) is 5.75 Å². The molecule has 0 aliphatic carbocycles. The number of nitrogens with zero attached hydrogens (tertiary/aromatic N) is 2. The third kappa shape index (κ3) is 4.10. The van der Waals surface area contributed by atoms with Gasteiger partial charge in [0.1, 0.15) is 16.9 Å². The number of amides is 1. The van der Waals surface area contributed by atoms with Gasteiger partial charge in [0.05, 0.1) is 12.7 Å². The van der Waals surface area contributed by atoms with Crippen molar-refractivity contribution in [3.63, 3.8) is 0 Å². The number of fused-ring (bicyclic) bond motifs is 1. The maximum absolute atomic E-state index is 13.2. The monoisotopic (exact) mass is 410 g/mol. The summed E-state index contributed by atoms with van der Waals surface area (Å²) >= 11 is 0. The van der Waals surface area contributed by atoms with Crippen LogP contribution in [-0.4, -0.2) is 47.1 Å². The molecule has 1 heterocycles. The van der Waals surface area contributed by atoms with Crippen LogP contribution in [0.25, 0.3) is 10.9 Å². The fourth-order valence-electron chi connectivity index (χ4n) is 3.38. The minimum absolute atomic E-state index is 0.112. The topological polar surface area (TPSA) is 79.7 Å². The number of rotatable bonds is 6. The lowest BCUT2D eigenvalue weighted by Gasteiger charge is -2.20. The van der Waals surface area contributed by atoms with Gasteiger partial charge in [0.15, 0.2) is 5.75 Å². The lowest BCUT2D eigenvalue weighted by molar-refractivity contribution is 0.0597. The number of aromatic hydroxyl groups is 1. The van der Waals surface area contributed by atoms with Gasteiger partial charge in [-0.1, -0.05) is 12.1 Å². The van der Waals surface area contributed by atoms with Crippen molar-refractivity contribution in [2.24, 2.45) is 0 Å². The molecular weight excluding hydrogens is 387 g/mol. The van der Waals surface area contributed by atoms with Crippen LogP contribution in [0.3, 0.4) is 0 Å². The van der Waals surface area contributed by atoms with Crippen LogP contribution in [0.2, 0.25) is 0 Å². The molecule has 6 nitrogen and oxygen atoms in total. The highest BCUT2D eigenvalue weighted by Crippen LogP contribution is 2.32. The van der Waals surface area contributed by atoms with E-state index in [2.05, 4.69) is 4.98 Å². The molecule has 3 rings (SSSR count). The summed E-state index contributed by atoms with van der Waals surface area (Å²) in [4.78, 5) is 31.2. The van der Waals surface area contributed by atoms with E-state index >= 15 is 0 Å². The number of ether oxygens (including phenoxy) is 1. The summed E-state index contributed by atoms with van der Waals surface area (Å²) in [5.74, 6) is -1.67. The Kier molecular flexibility index (Phi) is 6.30. The first-order valence-electron chi connectivity index (χ1n) is 9.66. The first-order chi connectivity index (χ1) is 14.4. The summed E-state index contributed by atoms with van der Waals surface area (Å²) in [5, 5.41) is 11.0. The minimum Gasteiger partial charge on any atom is -0.505 e. The number of carbonyl (C=O) groups excluding carboxylic acids is 2. The minimum atomic E-state index is -0.750. The molecule has 156 valence electrons. The maximum Gasteiger partial charge on any atom is 0.341 e. The largest absolute Gasteiger partial charge is 0.505 e. The van der Waals surface area contributed by atoms with Gasteiger partial charge in [0.2, 0.25) is 0 Å². The SMILES string of the molecule is CCN(CC)C(=O)c1cc(C(=O)OC)c(O)c2ncc(Cc3ccc(F)cc3)cc12. The van der Waals surface area contributed by atoms with Crippen molar-refractivity contribution in [2.45, 2.75) is 20.3 Å². The van der Waals surface area contributed by atoms with Crippen LogP contribution >= 0.6 is 0 Å². The molecule has 0 saturated heterocycles. The van der Waals surface area contributed by atoms with Crippen molar-refractivity contribution >= 4 is 22.8 Å². The van der Waals surface area contributed by atoms with Crippen LogP contribution in [0.15, 0.2) is 42.6 Å². The molecule has 0 aliphatic heterocycles. The van der Waals surface area contributed by atoms with Gasteiger partial charge in [0.25, 0.3) is 5.91 Å². The van der Waals surface area contributed by atoms with E-state index in [-0.39, 0.29) is 34.1 Å². The van der Waals surface area contributed by atoms with E-state index in [0.717, 1.165) is 11.1 Å². The number of hydrogen-bond acceptors (Lipinski definition) is 5. The molecular formula is C23H23FN2O4. The number of methoxy groups -OCH3 is 1. The Balaban J connectivity index is 2.17. The van der Waals surface area contributed by atoms with Crippen molar-refractivity contribution < 1.29 is 23.8 Å². The zero-order valence-electron chi connectivity index (χ0n) is 17.1. The standard InChI is InChI=1S/C23H23FN2O4/c1-4-26(5-2)22(28)18-12-19(23(29)30-3)21(27)20-17(18)11-15(13-25-20)10-14-6-8-16(24)9-7-14/h6-9,11-13,27H,4-5,10H2,1-3H3. The third-order valence-electron chi connectivity index (χ3n) is 5.01. The maximum atomic E-state index is 13.2. The number of hydrogen-bond donors (Lipinski definition) is 1. The predicted octanol–water partition coefficient (Wildman–Crippen LogP) is 3.94. The summed E-state index contributed by atoms with van der Waals surface area (Å²) in [5.41, 5.74) is 1.97. The van der Waals surface area contributed by atoms with E-state index in [1.54, 1.807) is 29.3 Å². The van der Waals surface area contributed by atoms with Crippen LogP contribution < -0.4 is 0 Å². The van der Waals surface area contributed by atoms with E-state index in [1.165, 1.54) is 25.3 Å². The summed E-state index contributed by atoms with van der Waals surface area (Å²) in [6, 6.07) is 9.25. The predicted molar refractivity (Wildman–Crippen MR) is 111 cm³/mol. The van der Waals surface area contributed by atoms with Gasteiger partial charge in [-0.3, -0.25) is 9.78 Å². The molecule has 0 atom stereocenters. The molecule has 1 aromatic heterocycles. The van der Waals surface area contributed by atoms with Crippen LogP contribution in [0.1, 0.15) is 45.7 Å². The molecule has 7 heteroatoms. The van der Waals surface area contributed by atoms with Crippen LogP contribution in [-0.2, 0) is 11.2 Å². The zero-order chi connectivity index (χ0) is 21.8. The van der Waals surface area contributed by atoms with Crippen molar-refractivity contribution in [1.29, 1.82) is 0 Å². The van der Waals surface area contributed by atoms with E-state index in [9.17, 15) is 19.1 Å². The lowest BCUT2D eigenvalue weighted by Crippen LogP contribution is -2.30. The first-order valence-corrected chi connectivity index (χ1v) is 9.66. The number of aromatic nitrogens is 1. The van der Waals surface area contributed by atoms with E-state index in [4.69, 9.17) is 4.74 Å². The Morgan fingerprint density at radius 3 is 2.33 bits per heavy atom. The van der Waals surface area contributed by atoms with Crippen molar-refractivity contribution in [2.75, 3.05) is 20.2 Å². The number of phenols is 1. The van der Waals surface area contributed by atoms with Gasteiger partial charge >= 0.3 is 5.97 Å². The quantitative estimate of drug-likeness (QED) is 0.623. The van der Waals surface area contributed by atoms with Gasteiger partial charge in [-0.2, -0.15) is 0 Å². The second-order valence-corrected chi connectivity index (χ2v) is 6.83. The summed E-state index contributed by atoms with van der Waals surface area (Å²) < 4.78 is 17.9. The number of phenolic OH excluding ortho intramolecular Hbond substituents is 1. The Morgan fingerprint density at radius 1 is 1.07 bits per heavy atom. The average Bonchev–Trinajstić information content (AvgIpc) is 2.76. The summed E-state index contributed by atoms with van der Waals surface area (Å²) in [6.07, 6.45) is 2.04. The van der Waals surface area contributed by atoms with Gasteiger partial charge in [-0.15, -0.1) is 0 Å². The first kappa shape index (κ1) is 21.2. The van der Waals surface area contributed by atoms with E-state index < -0.39 is 5.97 Å². The zero-order valence-corrected chi connectivity index (χ0v) is 17.1. The number of pyridine rings is 1. The average molecular weight is 410 g/mol. The molecule has 3 aromatic rings. The molecule has 0 saturated carbocycles. The van der Waals surface area contributed by atoms with Crippen LogP contribution in [0.4, 0.5) is 4.39 Å². The summed E-state index contributed by atoms with van der Waals surface area (Å²) in [7, 11) is 1.21. The molecule has 0 aliphatic rings. The van der Waals surface area contributed by atoms with Crippen molar-refractivity contribution in [3.8, 4) is 5.75 Å². The Labute approximate surface area is 173 Å². The molecule has 0 fully saturated rings. The highest BCUT2D eigenvalue weighted by atomic mass is 19.1. The fourth-order valence-corrected chi connectivity index (χ4v) is 3.38. The van der Waals surface area contributed by atoms with E-state index in [1.807, 2.05) is 13.8 Å². The Morgan fingerprint density at radius 2 is 1.73 bits per heavy atom. The number of carbonyl (C=O) groups is 2. The molecule has 0 radical (unpaired) electrons. The Hall–Kier alpha value is -3.48. The fraction of sp³-hybridized carbons (Fsp3) is 0.261. The highest BCUT2D eigenvalue weighted by molar-refractivity contribution is 6.11. The third-order valence-corrected chi connectivity index (χ3v) is 5.01. The number of benzene rings is 2. The molecule has 30 heavy (non-hydrogen) atoms. The second-order valence-electron chi connectivity index (χ2n) is 6.83. The van der Waals surface area contributed by atoms with Gasteiger partial charge < -0.3 is 14.7 Å². The molecule has 0 unspecified atom stereocenters. The van der Waals surface area contributed by atoms with Crippen molar-refractivity contribution in [3.05, 3.63) is 70.7 Å². The number of halogens is 1. The van der Waals surface area contributed by atoms with Gasteiger partial charge in [0, 0.05) is 24.7 Å². The normalized spacial score (nSPS) is 10.8. The smallest absolute Gasteiger partial charge is 0.341 e. The Bertz CT molecular complexity index is 1090. The van der Waals surface area contributed by atoms with Crippen LogP contribution in [0, 0.1) is 5.82 Å². The molecule has 0 spiro atoms. The molecule has 1 amide bonds. The lowest BCUT2D eigenvalue weighted by atomic mass is 9.98. The van der Waals surface area contributed by atoms with E-state index in [0.29, 0.717) is 24.9 Å². The highest BCUT2D eigenvalue weighted by Gasteiger charge is 2.24. The number of esters is 1. The van der Waals surface area contributed by atoms with Crippen molar-refractivity contribution in [1.82, 2.24) is 9.88 Å². The molecule has 0 bridgehead atoms. The summed E-state index contributed by atoms with van der Waals surface area (Å²) in [6.45, 7) is 4.72. The second kappa shape index (κ2) is 8.90. The van der Waals surface area contributed by atoms with Gasteiger partial charge in [-0.25, -0.2) is 9.18 Å². The molecule has 2 aromatic carbocycles. The molecule has 1 N–H and O–H groups in total. The van der Waals surface area contributed by atoms with Gasteiger partial charge in [-0.05, 0) is 55.7 Å².